The number of aromatic hydroxyl groups is 2. The Bertz CT molecular complexity index is 1490. The van der Waals surface area contributed by atoms with Crippen LogP contribution in [-0.4, -0.2) is 65.5 Å². The van der Waals surface area contributed by atoms with Gasteiger partial charge in [0, 0.05) is 40.2 Å². The van der Waals surface area contributed by atoms with Crippen LogP contribution in [0.3, 0.4) is 0 Å². The number of hydrogen-bond donors (Lipinski definition) is 4. The van der Waals surface area contributed by atoms with E-state index >= 15 is 0 Å². The highest BCUT2D eigenvalue weighted by Crippen LogP contribution is 2.56. The van der Waals surface area contributed by atoms with Gasteiger partial charge in [0.1, 0.15) is 30.0 Å². The van der Waals surface area contributed by atoms with Gasteiger partial charge >= 0.3 is 0 Å². The molecule has 2 heterocycles. The van der Waals surface area contributed by atoms with Gasteiger partial charge in [0.05, 0.1) is 20.8 Å². The molecule has 0 unspecified atom stereocenters. The average Bonchev–Trinajstić information content (AvgIpc) is 3.03. The Morgan fingerprint density at radius 1 is 0.955 bits per heavy atom. The van der Waals surface area contributed by atoms with Crippen molar-refractivity contribution in [2.75, 3.05) is 38.9 Å². The zero-order valence-electron chi connectivity index (χ0n) is 25.2. The summed E-state index contributed by atoms with van der Waals surface area (Å²) in [6.45, 7) is 2.29. The summed E-state index contributed by atoms with van der Waals surface area (Å²) < 4.78 is 23.7. The van der Waals surface area contributed by atoms with Crippen LogP contribution < -0.4 is 18.9 Å². The zero-order valence-corrected chi connectivity index (χ0v) is 26.9. The van der Waals surface area contributed by atoms with Crippen molar-refractivity contribution in [2.45, 2.75) is 56.7 Å². The smallest absolute Gasteiger partial charge is 0.200 e. The van der Waals surface area contributed by atoms with E-state index < -0.39 is 12.2 Å². The van der Waals surface area contributed by atoms with Crippen LogP contribution in [0.2, 0.25) is 0 Å². The molecule has 0 saturated heterocycles. The number of fused-ring (bicyclic) bond motifs is 4. The lowest BCUT2D eigenvalue weighted by Gasteiger charge is -2.41. The molecule has 3 aliphatic rings. The lowest BCUT2D eigenvalue weighted by atomic mass is 9.71. The summed E-state index contributed by atoms with van der Waals surface area (Å²) in [6, 6.07) is 10.8. The van der Waals surface area contributed by atoms with E-state index in [-0.39, 0.29) is 48.0 Å². The summed E-state index contributed by atoms with van der Waals surface area (Å²) >= 11 is 0. The number of methoxy groups -OCH3 is 2. The van der Waals surface area contributed by atoms with E-state index in [1.165, 1.54) is 14.2 Å². The number of hydrogen-bond acceptors (Lipinski definition) is 10. The van der Waals surface area contributed by atoms with Crippen LogP contribution in [0.25, 0.3) is 11.1 Å². The number of phenols is 2. The molecule has 5 atom stereocenters. The highest BCUT2D eigenvalue weighted by molar-refractivity contribution is 8.76. The SMILES string of the molecule is COc1cc([C@@H]2Oc3cc(OCCO)c4c5c3[C@H](CSSCC[C@H](C)CC[C@H](C5)c3cc(O)ccc3-4)[C@H]2O)cc(OC)c1O. The molecular weight excluding hydrogens is 601 g/mol. The number of rotatable bonds is 6. The van der Waals surface area contributed by atoms with Gasteiger partial charge in [0.2, 0.25) is 5.75 Å². The third-order valence-electron chi connectivity index (χ3n) is 9.16. The molecule has 2 bridgehead atoms. The van der Waals surface area contributed by atoms with Crippen molar-refractivity contribution in [1.29, 1.82) is 0 Å². The topological polar surface area (TPSA) is 118 Å². The number of benzene rings is 3. The van der Waals surface area contributed by atoms with Crippen LogP contribution in [0, 0.1) is 5.92 Å². The van der Waals surface area contributed by atoms with Gasteiger partial charge in [-0.05, 0) is 72.1 Å². The van der Waals surface area contributed by atoms with E-state index in [9.17, 15) is 20.4 Å². The maximum Gasteiger partial charge on any atom is 0.200 e. The molecule has 0 radical (unpaired) electrons. The van der Waals surface area contributed by atoms with Gasteiger partial charge in [-0.1, -0.05) is 41.0 Å². The standard InChI is InChI=1S/C34H40O8S2/c1-18-4-5-19-12-24-30(22-7-6-21(36)15-23(19)22)26(41-10-9-35)16-27-31(24)25(17-44-43-11-8-18)32(37)34(42-27)20-13-28(39-2)33(38)29(14-20)40-3/h6-7,13-16,18-19,25,32,34-38H,4-5,8-12,17H2,1-3H3/t18-,19-,25+,32-,34+/m1/s1. The first kappa shape index (κ1) is 31.1. The zero-order chi connectivity index (χ0) is 31.0. The third-order valence-corrected chi connectivity index (χ3v) is 11.6. The summed E-state index contributed by atoms with van der Waals surface area (Å²) in [4.78, 5) is 0. The minimum Gasteiger partial charge on any atom is -0.508 e. The normalized spacial score (nSPS) is 24.5. The molecule has 236 valence electrons. The fourth-order valence-corrected chi connectivity index (χ4v) is 9.48. The van der Waals surface area contributed by atoms with E-state index in [4.69, 9.17) is 18.9 Å². The van der Waals surface area contributed by atoms with Gasteiger partial charge in [0.15, 0.2) is 17.6 Å². The van der Waals surface area contributed by atoms with E-state index in [1.807, 2.05) is 29.0 Å². The summed E-state index contributed by atoms with van der Waals surface area (Å²) in [6.07, 6.45) is 2.25. The van der Waals surface area contributed by atoms with Crippen LogP contribution in [0.5, 0.6) is 34.5 Å². The summed E-state index contributed by atoms with van der Waals surface area (Å²) in [7, 11) is 6.57. The predicted octanol–water partition coefficient (Wildman–Crippen LogP) is 6.57. The molecule has 10 heteroatoms. The van der Waals surface area contributed by atoms with Crippen molar-refractivity contribution in [3.05, 3.63) is 58.7 Å². The van der Waals surface area contributed by atoms with E-state index in [0.717, 1.165) is 59.3 Å². The number of aliphatic hydroxyl groups is 2. The van der Waals surface area contributed by atoms with Gasteiger partial charge < -0.3 is 39.4 Å². The second kappa shape index (κ2) is 13.2. The van der Waals surface area contributed by atoms with Crippen molar-refractivity contribution in [3.63, 3.8) is 0 Å². The largest absolute Gasteiger partial charge is 0.508 e. The minimum absolute atomic E-state index is 0.114. The molecule has 3 aromatic rings. The Hall–Kier alpha value is -2.92. The predicted molar refractivity (Wildman–Crippen MR) is 174 cm³/mol. The van der Waals surface area contributed by atoms with Gasteiger partial charge in [-0.2, -0.15) is 0 Å². The van der Waals surface area contributed by atoms with Gasteiger partial charge in [-0.3, -0.25) is 0 Å². The second-order valence-electron chi connectivity index (χ2n) is 11.9. The fraction of sp³-hybridized carbons (Fsp3) is 0.471. The fourth-order valence-electron chi connectivity index (χ4n) is 6.88. The Labute approximate surface area is 266 Å². The van der Waals surface area contributed by atoms with E-state index in [1.54, 1.807) is 29.0 Å². The minimum atomic E-state index is -0.897. The summed E-state index contributed by atoms with van der Waals surface area (Å²) in [5, 5.41) is 42.9. The van der Waals surface area contributed by atoms with Gasteiger partial charge in [-0.15, -0.1) is 0 Å². The van der Waals surface area contributed by atoms with Crippen molar-refractivity contribution >= 4 is 21.6 Å². The van der Waals surface area contributed by atoms with Crippen LogP contribution in [0.15, 0.2) is 36.4 Å². The molecule has 0 amide bonds. The highest BCUT2D eigenvalue weighted by Gasteiger charge is 2.43. The van der Waals surface area contributed by atoms with Crippen molar-refractivity contribution in [2.24, 2.45) is 5.92 Å². The van der Waals surface area contributed by atoms with Crippen LogP contribution in [0.1, 0.15) is 66.4 Å². The number of aliphatic hydroxyl groups excluding tert-OH is 2. The average molecular weight is 641 g/mol. The molecule has 2 aliphatic heterocycles. The first-order valence-electron chi connectivity index (χ1n) is 15.1. The Morgan fingerprint density at radius 3 is 2.45 bits per heavy atom. The van der Waals surface area contributed by atoms with Crippen molar-refractivity contribution in [3.8, 4) is 45.6 Å². The molecular formula is C34H40O8S2. The first-order valence-corrected chi connectivity index (χ1v) is 17.6. The van der Waals surface area contributed by atoms with Gasteiger partial charge in [-0.25, -0.2) is 0 Å². The first-order chi connectivity index (χ1) is 21.3. The highest BCUT2D eigenvalue weighted by atomic mass is 33.1. The molecule has 0 aromatic heterocycles. The van der Waals surface area contributed by atoms with E-state index in [0.29, 0.717) is 28.7 Å². The lowest BCUT2D eigenvalue weighted by Crippen LogP contribution is -2.37. The van der Waals surface area contributed by atoms with Crippen LogP contribution in [-0.2, 0) is 6.42 Å². The summed E-state index contributed by atoms with van der Waals surface area (Å²) in [5.74, 6) is 4.04. The Kier molecular flexibility index (Phi) is 9.33. The molecule has 6 rings (SSSR count). The molecule has 0 spiro atoms. The molecule has 4 N–H and O–H groups in total. The number of phenolic OH excluding ortho intramolecular Hbond substituents is 2. The molecule has 44 heavy (non-hydrogen) atoms. The quantitative estimate of drug-likeness (QED) is 0.220. The van der Waals surface area contributed by atoms with Gasteiger partial charge in [0.25, 0.3) is 0 Å². The second-order valence-corrected chi connectivity index (χ2v) is 14.5. The third kappa shape index (κ3) is 5.77. The monoisotopic (exact) mass is 640 g/mol. The maximum absolute atomic E-state index is 12.1. The lowest BCUT2D eigenvalue weighted by molar-refractivity contribution is 0.00415. The summed E-state index contributed by atoms with van der Waals surface area (Å²) in [5.41, 5.74) is 5.76. The van der Waals surface area contributed by atoms with E-state index in [2.05, 4.69) is 6.92 Å². The Balaban J connectivity index is 1.56. The van der Waals surface area contributed by atoms with Crippen molar-refractivity contribution < 1.29 is 39.4 Å². The molecule has 0 fully saturated rings. The van der Waals surface area contributed by atoms with Crippen LogP contribution in [0.4, 0.5) is 0 Å². The molecule has 8 nitrogen and oxygen atoms in total. The van der Waals surface area contributed by atoms with Crippen LogP contribution >= 0.6 is 21.6 Å². The molecule has 1 aliphatic carbocycles. The number of ether oxygens (including phenoxy) is 4. The molecule has 3 aromatic carbocycles. The van der Waals surface area contributed by atoms with Crippen molar-refractivity contribution in [1.82, 2.24) is 0 Å². The Morgan fingerprint density at radius 2 is 1.73 bits per heavy atom. The maximum atomic E-state index is 12.1. The molecule has 0 saturated carbocycles.